The predicted octanol–water partition coefficient (Wildman–Crippen LogP) is 4.99. The first kappa shape index (κ1) is 22.0. The van der Waals surface area contributed by atoms with Crippen LogP contribution in [0.2, 0.25) is 0 Å². The molecular formula is C26H21FN4O2S. The van der Waals surface area contributed by atoms with Crippen molar-refractivity contribution < 1.29 is 14.0 Å². The molecular weight excluding hydrogens is 451 g/mol. The first-order valence-electron chi connectivity index (χ1n) is 10.8. The number of anilines is 2. The average molecular weight is 473 g/mol. The molecule has 170 valence electrons. The topological polar surface area (TPSA) is 76.4 Å². The third kappa shape index (κ3) is 3.58. The van der Waals surface area contributed by atoms with E-state index in [9.17, 15) is 19.2 Å². The van der Waals surface area contributed by atoms with Gasteiger partial charge in [-0.3, -0.25) is 9.69 Å². The highest BCUT2D eigenvalue weighted by atomic mass is 32.2. The highest BCUT2D eigenvalue weighted by Gasteiger charge is 2.59. The van der Waals surface area contributed by atoms with Gasteiger partial charge in [0.1, 0.15) is 5.82 Å². The van der Waals surface area contributed by atoms with Crippen molar-refractivity contribution in [3.8, 4) is 6.07 Å². The molecule has 3 amide bonds. The fraction of sp³-hybridized carbons (Fsp3) is 0.192. The molecule has 1 N–H and O–H groups in total. The maximum absolute atomic E-state index is 14.4. The van der Waals surface area contributed by atoms with Crippen molar-refractivity contribution >= 4 is 35.1 Å². The molecule has 3 aromatic carbocycles. The summed E-state index contributed by atoms with van der Waals surface area (Å²) < 4.78 is 14.4. The second kappa shape index (κ2) is 8.50. The van der Waals surface area contributed by atoms with E-state index in [1.165, 1.54) is 28.8 Å². The lowest BCUT2D eigenvalue weighted by Gasteiger charge is -2.33. The minimum Gasteiger partial charge on any atom is -0.308 e. The molecule has 0 aliphatic carbocycles. The highest BCUT2D eigenvalue weighted by molar-refractivity contribution is 8.01. The summed E-state index contributed by atoms with van der Waals surface area (Å²) in [7, 11) is 0. The van der Waals surface area contributed by atoms with Crippen LogP contribution in [0.25, 0.3) is 0 Å². The zero-order chi connectivity index (χ0) is 23.9. The van der Waals surface area contributed by atoms with E-state index >= 15 is 0 Å². The van der Waals surface area contributed by atoms with Crippen LogP contribution in [-0.4, -0.2) is 29.1 Å². The molecule has 1 atom stereocenters. The minimum absolute atomic E-state index is 0.211. The number of carbonyl (C=O) groups is 2. The quantitative estimate of drug-likeness (QED) is 0.583. The number of thioether (sulfide) groups is 1. The van der Waals surface area contributed by atoms with Crippen molar-refractivity contribution in [3.05, 3.63) is 94.8 Å². The molecule has 2 aliphatic rings. The van der Waals surface area contributed by atoms with Gasteiger partial charge in [0.15, 0.2) is 4.87 Å². The van der Waals surface area contributed by atoms with Crippen molar-refractivity contribution in [2.75, 3.05) is 22.5 Å². The lowest BCUT2D eigenvalue weighted by atomic mass is 10.1. The molecule has 1 fully saturated rings. The number of halogens is 1. The lowest BCUT2D eigenvalue weighted by molar-refractivity contribution is -0.123. The number of fused-ring (bicyclic) bond motifs is 2. The number of carbonyl (C=O) groups excluding carboxylic acids is 2. The molecule has 1 spiro atoms. The van der Waals surface area contributed by atoms with Gasteiger partial charge in [-0.2, -0.15) is 5.26 Å². The van der Waals surface area contributed by atoms with Gasteiger partial charge in [-0.05, 0) is 60.5 Å². The number of rotatable bonds is 3. The van der Waals surface area contributed by atoms with Crippen LogP contribution in [0.5, 0.6) is 0 Å². The zero-order valence-electron chi connectivity index (χ0n) is 18.4. The van der Waals surface area contributed by atoms with Gasteiger partial charge in [-0.25, -0.2) is 9.18 Å². The van der Waals surface area contributed by atoms with E-state index in [0.29, 0.717) is 34.8 Å². The van der Waals surface area contributed by atoms with E-state index in [-0.39, 0.29) is 12.5 Å². The van der Waals surface area contributed by atoms with Crippen LogP contribution >= 0.6 is 11.8 Å². The maximum Gasteiger partial charge on any atom is 0.323 e. The molecule has 1 saturated heterocycles. The van der Waals surface area contributed by atoms with Crippen molar-refractivity contribution in [2.24, 2.45) is 0 Å². The molecule has 8 heteroatoms. The summed E-state index contributed by atoms with van der Waals surface area (Å²) in [5.74, 6) is -0.219. The lowest BCUT2D eigenvalue weighted by Crippen LogP contribution is -2.51. The Balaban J connectivity index is 1.53. The summed E-state index contributed by atoms with van der Waals surface area (Å²) in [6.07, 6.45) is 0. The van der Waals surface area contributed by atoms with Crippen molar-refractivity contribution in [1.29, 1.82) is 5.26 Å². The number of nitriles is 1. The summed E-state index contributed by atoms with van der Waals surface area (Å²) in [6.45, 7) is 2.49. The number of benzene rings is 3. The third-order valence-corrected chi connectivity index (χ3v) is 7.49. The molecule has 5 rings (SSSR count). The molecule has 0 radical (unpaired) electrons. The Labute approximate surface area is 201 Å². The second-order valence-corrected chi connectivity index (χ2v) is 9.60. The summed E-state index contributed by atoms with van der Waals surface area (Å²) in [6, 6.07) is 20.4. The minimum atomic E-state index is -1.35. The van der Waals surface area contributed by atoms with E-state index in [4.69, 9.17) is 0 Å². The smallest absolute Gasteiger partial charge is 0.308 e. The number of urea groups is 1. The Morgan fingerprint density at radius 1 is 1.18 bits per heavy atom. The van der Waals surface area contributed by atoms with Crippen LogP contribution in [0.4, 0.5) is 20.6 Å². The van der Waals surface area contributed by atoms with Crippen molar-refractivity contribution in [3.63, 3.8) is 0 Å². The van der Waals surface area contributed by atoms with Gasteiger partial charge < -0.3 is 10.2 Å². The van der Waals surface area contributed by atoms with Crippen molar-refractivity contribution in [1.82, 2.24) is 4.90 Å². The number of nitrogens with zero attached hydrogens (tertiary/aromatic N) is 3. The Kier molecular flexibility index (Phi) is 5.50. The molecule has 0 bridgehead atoms. The van der Waals surface area contributed by atoms with Gasteiger partial charge in [0.25, 0.3) is 5.91 Å². The fourth-order valence-corrected chi connectivity index (χ4v) is 6.03. The SMILES string of the molecule is Cc1cccc(NC(=O)N2CCS[C@@]23C(=O)N(Cc2cccc(C#N)c2)c2ccc(F)cc23)c1. The van der Waals surface area contributed by atoms with Gasteiger partial charge >= 0.3 is 6.03 Å². The summed E-state index contributed by atoms with van der Waals surface area (Å²) in [5, 5.41) is 12.1. The third-order valence-electron chi connectivity index (χ3n) is 6.07. The normalized spacial score (nSPS) is 18.8. The number of aryl methyl sites for hydroxylation is 1. The number of amides is 3. The first-order valence-corrected chi connectivity index (χ1v) is 11.8. The molecule has 0 unspecified atom stereocenters. The van der Waals surface area contributed by atoms with Crippen molar-refractivity contribution in [2.45, 2.75) is 18.3 Å². The Hall–Kier alpha value is -3.83. The Morgan fingerprint density at radius 3 is 2.79 bits per heavy atom. The van der Waals surface area contributed by atoms with Crippen LogP contribution in [0, 0.1) is 24.1 Å². The van der Waals surface area contributed by atoms with E-state index < -0.39 is 16.7 Å². The summed E-state index contributed by atoms with van der Waals surface area (Å²) >= 11 is 1.34. The van der Waals surface area contributed by atoms with Gasteiger partial charge in [-0.15, -0.1) is 11.8 Å². The van der Waals surface area contributed by atoms with E-state index in [0.717, 1.165) is 11.1 Å². The number of hydrogen-bond donors (Lipinski definition) is 1. The van der Waals surface area contributed by atoms with E-state index in [1.807, 2.05) is 31.2 Å². The average Bonchev–Trinajstić information content (AvgIpc) is 3.36. The van der Waals surface area contributed by atoms with Gasteiger partial charge in [-0.1, -0.05) is 24.3 Å². The van der Waals surface area contributed by atoms with Crippen LogP contribution in [-0.2, 0) is 16.2 Å². The molecule has 0 aromatic heterocycles. The Bertz CT molecular complexity index is 1350. The first-order chi connectivity index (χ1) is 16.4. The molecule has 0 saturated carbocycles. The van der Waals surface area contributed by atoms with Crippen LogP contribution in [0.15, 0.2) is 66.7 Å². The summed E-state index contributed by atoms with van der Waals surface area (Å²) in [5.41, 5.74) is 3.93. The monoisotopic (exact) mass is 472 g/mol. The largest absolute Gasteiger partial charge is 0.323 e. The fourth-order valence-electron chi connectivity index (χ4n) is 4.58. The molecule has 6 nitrogen and oxygen atoms in total. The van der Waals surface area contributed by atoms with Crippen LogP contribution < -0.4 is 10.2 Å². The number of nitrogens with one attached hydrogen (secondary N) is 1. The van der Waals surface area contributed by atoms with Gasteiger partial charge in [0.05, 0.1) is 23.9 Å². The van der Waals surface area contributed by atoms with E-state index in [2.05, 4.69) is 11.4 Å². The summed E-state index contributed by atoms with van der Waals surface area (Å²) in [4.78, 5) is 29.1. The molecule has 2 heterocycles. The molecule has 34 heavy (non-hydrogen) atoms. The standard InChI is InChI=1S/C26H21FN4O2S/c1-17-4-2-7-21(12-17)29-25(33)31-10-11-34-26(31)22-14-20(27)8-9-23(22)30(24(26)32)16-19-6-3-5-18(13-19)15-28/h2-9,12-14H,10-11,16H2,1H3,(H,29,33)/t26-/m0/s1. The van der Waals surface area contributed by atoms with Crippen LogP contribution in [0.3, 0.4) is 0 Å². The predicted molar refractivity (Wildman–Crippen MR) is 130 cm³/mol. The van der Waals surface area contributed by atoms with Gasteiger partial charge in [0, 0.05) is 23.5 Å². The number of hydrogen-bond acceptors (Lipinski definition) is 4. The van der Waals surface area contributed by atoms with Crippen LogP contribution in [0.1, 0.15) is 22.3 Å². The van der Waals surface area contributed by atoms with Gasteiger partial charge in [0.2, 0.25) is 0 Å². The maximum atomic E-state index is 14.4. The second-order valence-electron chi connectivity index (χ2n) is 8.31. The molecule has 3 aromatic rings. The Morgan fingerprint density at radius 2 is 2.00 bits per heavy atom. The van der Waals surface area contributed by atoms with E-state index in [1.54, 1.807) is 35.2 Å². The molecule has 2 aliphatic heterocycles. The zero-order valence-corrected chi connectivity index (χ0v) is 19.2. The highest BCUT2D eigenvalue weighted by Crippen LogP contribution is 2.54.